The average molecular weight is 154 g/mol. The first-order valence-electron chi connectivity index (χ1n) is 3.38. The molecule has 1 rings (SSSR count). The summed E-state index contributed by atoms with van der Waals surface area (Å²) < 4.78 is 4.90. The van der Waals surface area contributed by atoms with E-state index in [0.29, 0.717) is 5.57 Å². The summed E-state index contributed by atoms with van der Waals surface area (Å²) in [6.07, 6.45) is 0.269. The lowest BCUT2D eigenvalue weighted by Gasteiger charge is -2.37. The minimum Gasteiger partial charge on any atom is -0.454 e. The van der Waals surface area contributed by atoms with Gasteiger partial charge < -0.3 is 4.74 Å². The summed E-state index contributed by atoms with van der Waals surface area (Å²) in [5, 5.41) is 0. The SMILES string of the molecule is C=C1C(=O)CC1(C)OC(C)=O. The van der Waals surface area contributed by atoms with Gasteiger partial charge in [-0.1, -0.05) is 6.58 Å². The Balaban J connectivity index is 2.65. The van der Waals surface area contributed by atoms with Crippen molar-refractivity contribution in [2.24, 2.45) is 0 Å². The van der Waals surface area contributed by atoms with E-state index < -0.39 is 5.60 Å². The molecule has 3 heteroatoms. The number of esters is 1. The highest BCUT2D eigenvalue weighted by molar-refractivity contribution is 6.05. The van der Waals surface area contributed by atoms with Gasteiger partial charge >= 0.3 is 5.97 Å². The lowest BCUT2D eigenvalue weighted by molar-refractivity contribution is -0.159. The summed E-state index contributed by atoms with van der Waals surface area (Å²) in [6.45, 7) is 6.53. The average Bonchev–Trinajstić information content (AvgIpc) is 1.85. The van der Waals surface area contributed by atoms with Crippen LogP contribution in [0.4, 0.5) is 0 Å². The highest BCUT2D eigenvalue weighted by Crippen LogP contribution is 2.36. The van der Waals surface area contributed by atoms with Crippen molar-refractivity contribution >= 4 is 11.8 Å². The van der Waals surface area contributed by atoms with Crippen molar-refractivity contribution in [3.8, 4) is 0 Å². The number of Topliss-reactive ketones (excluding diaryl/α,β-unsaturated/α-hetero) is 1. The fourth-order valence-electron chi connectivity index (χ4n) is 1.12. The number of hydrogen-bond donors (Lipinski definition) is 0. The molecule has 0 bridgehead atoms. The second kappa shape index (κ2) is 2.19. The molecule has 60 valence electrons. The van der Waals surface area contributed by atoms with Gasteiger partial charge in [0.2, 0.25) is 0 Å². The topological polar surface area (TPSA) is 43.4 Å². The summed E-state index contributed by atoms with van der Waals surface area (Å²) in [5.41, 5.74) is -0.323. The monoisotopic (exact) mass is 154 g/mol. The zero-order valence-electron chi connectivity index (χ0n) is 6.64. The third-order valence-electron chi connectivity index (χ3n) is 1.84. The van der Waals surface area contributed by atoms with Gasteiger partial charge in [0.1, 0.15) is 5.60 Å². The van der Waals surface area contributed by atoms with Crippen LogP contribution in [0.1, 0.15) is 20.3 Å². The van der Waals surface area contributed by atoms with Crippen molar-refractivity contribution in [3.05, 3.63) is 12.2 Å². The molecular formula is C8H10O3. The Morgan fingerprint density at radius 3 is 2.55 bits per heavy atom. The number of ketones is 1. The van der Waals surface area contributed by atoms with Crippen LogP contribution in [0, 0.1) is 0 Å². The first kappa shape index (κ1) is 7.98. The van der Waals surface area contributed by atoms with Crippen molar-refractivity contribution in [2.75, 3.05) is 0 Å². The van der Waals surface area contributed by atoms with Crippen molar-refractivity contribution in [1.29, 1.82) is 0 Å². The van der Waals surface area contributed by atoms with Crippen molar-refractivity contribution in [1.82, 2.24) is 0 Å². The standard InChI is InChI=1S/C8H10O3/c1-5-7(10)4-8(5,3)11-6(2)9/h1,4H2,2-3H3. The third kappa shape index (κ3) is 1.18. The molecule has 0 saturated heterocycles. The fourth-order valence-corrected chi connectivity index (χ4v) is 1.12. The summed E-state index contributed by atoms with van der Waals surface area (Å²) in [7, 11) is 0. The van der Waals surface area contributed by atoms with E-state index in [0.717, 1.165) is 0 Å². The summed E-state index contributed by atoms with van der Waals surface area (Å²) in [6, 6.07) is 0. The quantitative estimate of drug-likeness (QED) is 0.415. The van der Waals surface area contributed by atoms with Gasteiger partial charge in [-0.05, 0) is 6.92 Å². The molecule has 0 N–H and O–H groups in total. The van der Waals surface area contributed by atoms with E-state index in [1.165, 1.54) is 6.92 Å². The predicted octanol–water partition coefficient (Wildman–Crippen LogP) is 0.837. The van der Waals surface area contributed by atoms with Gasteiger partial charge in [-0.3, -0.25) is 9.59 Å². The smallest absolute Gasteiger partial charge is 0.303 e. The molecule has 0 amide bonds. The van der Waals surface area contributed by atoms with Crippen LogP contribution in [-0.4, -0.2) is 17.4 Å². The molecular weight excluding hydrogens is 144 g/mol. The van der Waals surface area contributed by atoms with Crippen molar-refractivity contribution in [3.63, 3.8) is 0 Å². The molecule has 1 aliphatic rings. The van der Waals surface area contributed by atoms with Crippen LogP contribution in [-0.2, 0) is 14.3 Å². The van der Waals surface area contributed by atoms with Crippen LogP contribution in [0.5, 0.6) is 0 Å². The lowest BCUT2D eigenvalue weighted by atomic mass is 9.76. The molecule has 1 fully saturated rings. The Bertz CT molecular complexity index is 242. The van der Waals surface area contributed by atoms with E-state index in [2.05, 4.69) is 6.58 Å². The fraction of sp³-hybridized carbons (Fsp3) is 0.500. The van der Waals surface area contributed by atoms with E-state index in [-0.39, 0.29) is 18.2 Å². The summed E-state index contributed by atoms with van der Waals surface area (Å²) in [5.74, 6) is -0.394. The van der Waals surface area contributed by atoms with Gasteiger partial charge in [0.25, 0.3) is 0 Å². The number of rotatable bonds is 1. The normalized spacial score (nSPS) is 29.6. The van der Waals surface area contributed by atoms with E-state index >= 15 is 0 Å². The summed E-state index contributed by atoms with van der Waals surface area (Å²) in [4.78, 5) is 21.3. The lowest BCUT2D eigenvalue weighted by Crippen LogP contribution is -2.47. The summed E-state index contributed by atoms with van der Waals surface area (Å²) >= 11 is 0. The maximum atomic E-state index is 10.7. The van der Waals surface area contributed by atoms with Crippen molar-refractivity contribution in [2.45, 2.75) is 25.9 Å². The van der Waals surface area contributed by atoms with E-state index in [9.17, 15) is 9.59 Å². The molecule has 0 spiro atoms. The van der Waals surface area contributed by atoms with E-state index in [4.69, 9.17) is 4.74 Å². The second-order valence-corrected chi connectivity index (χ2v) is 2.90. The molecule has 0 aromatic heterocycles. The van der Waals surface area contributed by atoms with Crippen LogP contribution < -0.4 is 0 Å². The molecule has 1 saturated carbocycles. The van der Waals surface area contributed by atoms with Crippen LogP contribution in [0.2, 0.25) is 0 Å². The molecule has 11 heavy (non-hydrogen) atoms. The molecule has 0 aromatic rings. The zero-order valence-corrected chi connectivity index (χ0v) is 6.64. The van der Waals surface area contributed by atoms with E-state index in [1.807, 2.05) is 0 Å². The molecule has 1 unspecified atom stereocenters. The number of ether oxygens (including phenoxy) is 1. The highest BCUT2D eigenvalue weighted by atomic mass is 16.6. The molecule has 0 aromatic carbocycles. The van der Waals surface area contributed by atoms with E-state index in [1.54, 1.807) is 6.92 Å². The minimum atomic E-state index is -0.719. The zero-order chi connectivity index (χ0) is 8.65. The van der Waals surface area contributed by atoms with Gasteiger partial charge in [-0.25, -0.2) is 0 Å². The predicted molar refractivity (Wildman–Crippen MR) is 38.9 cm³/mol. The van der Waals surface area contributed by atoms with Gasteiger partial charge in [-0.15, -0.1) is 0 Å². The Morgan fingerprint density at radius 2 is 2.27 bits per heavy atom. The van der Waals surface area contributed by atoms with Crippen molar-refractivity contribution < 1.29 is 14.3 Å². The minimum absolute atomic E-state index is 0.0197. The Hall–Kier alpha value is -1.12. The highest BCUT2D eigenvalue weighted by Gasteiger charge is 2.46. The van der Waals surface area contributed by atoms with Crippen LogP contribution in [0.15, 0.2) is 12.2 Å². The molecule has 1 atom stereocenters. The molecule has 0 heterocycles. The van der Waals surface area contributed by atoms with Gasteiger partial charge in [0, 0.05) is 12.5 Å². The van der Waals surface area contributed by atoms with Crippen LogP contribution in [0.3, 0.4) is 0 Å². The largest absolute Gasteiger partial charge is 0.454 e. The number of carbonyl (C=O) groups is 2. The van der Waals surface area contributed by atoms with Crippen LogP contribution >= 0.6 is 0 Å². The maximum Gasteiger partial charge on any atom is 0.303 e. The number of hydrogen-bond acceptors (Lipinski definition) is 3. The molecule has 0 aliphatic heterocycles. The Labute approximate surface area is 65.0 Å². The Kier molecular flexibility index (Phi) is 1.59. The first-order chi connectivity index (χ1) is 4.96. The molecule has 3 nitrogen and oxygen atoms in total. The van der Waals surface area contributed by atoms with Gasteiger partial charge in [0.05, 0.1) is 6.42 Å². The molecule has 1 aliphatic carbocycles. The van der Waals surface area contributed by atoms with Gasteiger partial charge in [-0.2, -0.15) is 0 Å². The van der Waals surface area contributed by atoms with Crippen LogP contribution in [0.25, 0.3) is 0 Å². The Morgan fingerprint density at radius 1 is 1.73 bits per heavy atom. The number of carbonyl (C=O) groups excluding carboxylic acids is 2. The first-order valence-corrected chi connectivity index (χ1v) is 3.38. The van der Waals surface area contributed by atoms with Gasteiger partial charge in [0.15, 0.2) is 5.78 Å². The maximum absolute atomic E-state index is 10.7. The molecule has 0 radical (unpaired) electrons. The third-order valence-corrected chi connectivity index (χ3v) is 1.84. The second-order valence-electron chi connectivity index (χ2n) is 2.90.